The van der Waals surface area contributed by atoms with Crippen molar-refractivity contribution in [2.45, 2.75) is 20.0 Å². The van der Waals surface area contributed by atoms with Gasteiger partial charge in [0.15, 0.2) is 11.9 Å². The van der Waals surface area contributed by atoms with E-state index in [9.17, 15) is 19.7 Å². The van der Waals surface area contributed by atoms with Gasteiger partial charge in [-0.1, -0.05) is 60.2 Å². The SMILES string of the molecule is Cc1ccc(C(=O)Oc2ccc3ccccc3c2/C=N\NC(=O)[C@H](C)Oc2ccccc2[N+](=O)[O-])cc1. The van der Waals surface area contributed by atoms with Crippen molar-refractivity contribution in [3.8, 4) is 11.5 Å². The number of para-hydroxylation sites is 2. The Morgan fingerprint density at radius 2 is 1.65 bits per heavy atom. The number of nitrogens with zero attached hydrogens (tertiary/aromatic N) is 2. The van der Waals surface area contributed by atoms with E-state index in [0.717, 1.165) is 16.3 Å². The summed E-state index contributed by atoms with van der Waals surface area (Å²) in [6, 6.07) is 23.8. The van der Waals surface area contributed by atoms with E-state index in [4.69, 9.17) is 9.47 Å². The number of nitro groups is 1. The van der Waals surface area contributed by atoms with E-state index >= 15 is 0 Å². The third kappa shape index (κ3) is 5.96. The highest BCUT2D eigenvalue weighted by Crippen LogP contribution is 2.28. The lowest BCUT2D eigenvalue weighted by molar-refractivity contribution is -0.386. The Balaban J connectivity index is 1.53. The summed E-state index contributed by atoms with van der Waals surface area (Å²) in [5.74, 6) is -0.904. The zero-order chi connectivity index (χ0) is 26.4. The first-order valence-corrected chi connectivity index (χ1v) is 11.4. The summed E-state index contributed by atoms with van der Waals surface area (Å²) in [4.78, 5) is 35.9. The van der Waals surface area contributed by atoms with Crippen LogP contribution in [0.5, 0.6) is 11.5 Å². The molecule has 186 valence electrons. The van der Waals surface area contributed by atoms with Gasteiger partial charge in [0, 0.05) is 11.6 Å². The number of benzene rings is 4. The molecule has 0 fully saturated rings. The Bertz CT molecular complexity index is 1500. The quantitative estimate of drug-likeness (QED) is 0.118. The van der Waals surface area contributed by atoms with Gasteiger partial charge < -0.3 is 9.47 Å². The predicted octanol–water partition coefficient (Wildman–Crippen LogP) is 5.19. The largest absolute Gasteiger partial charge is 0.474 e. The molecular formula is C28H23N3O6. The monoisotopic (exact) mass is 497 g/mol. The maximum absolute atomic E-state index is 12.7. The minimum Gasteiger partial charge on any atom is -0.474 e. The molecule has 0 spiro atoms. The summed E-state index contributed by atoms with van der Waals surface area (Å²) in [5.41, 5.74) is 4.04. The molecule has 9 heteroatoms. The number of ether oxygens (including phenoxy) is 2. The van der Waals surface area contributed by atoms with Crippen LogP contribution in [0.25, 0.3) is 10.8 Å². The molecule has 0 aliphatic heterocycles. The molecule has 0 aliphatic carbocycles. The van der Waals surface area contributed by atoms with Crippen LogP contribution in [0.4, 0.5) is 5.69 Å². The lowest BCUT2D eigenvalue weighted by atomic mass is 10.0. The van der Waals surface area contributed by atoms with Crippen molar-refractivity contribution < 1.29 is 24.0 Å². The Hall–Kier alpha value is -5.05. The zero-order valence-corrected chi connectivity index (χ0v) is 20.1. The molecule has 4 rings (SSSR count). The Morgan fingerprint density at radius 1 is 0.946 bits per heavy atom. The molecule has 1 amide bonds. The number of nitro benzene ring substituents is 1. The number of carbonyl (C=O) groups excluding carboxylic acids is 2. The molecule has 37 heavy (non-hydrogen) atoms. The van der Waals surface area contributed by atoms with Crippen LogP contribution in [0.3, 0.4) is 0 Å². The van der Waals surface area contributed by atoms with Gasteiger partial charge in [-0.05, 0) is 48.9 Å². The molecule has 4 aromatic rings. The summed E-state index contributed by atoms with van der Waals surface area (Å²) in [5, 5.41) is 16.9. The van der Waals surface area contributed by atoms with Crippen LogP contribution < -0.4 is 14.9 Å². The number of rotatable bonds is 8. The molecule has 0 radical (unpaired) electrons. The lowest BCUT2D eigenvalue weighted by Gasteiger charge is -2.13. The average Bonchev–Trinajstić information content (AvgIpc) is 2.90. The van der Waals surface area contributed by atoms with Crippen molar-refractivity contribution in [1.82, 2.24) is 5.43 Å². The summed E-state index contributed by atoms with van der Waals surface area (Å²) < 4.78 is 11.1. The zero-order valence-electron chi connectivity index (χ0n) is 20.1. The van der Waals surface area contributed by atoms with E-state index in [1.54, 1.807) is 24.3 Å². The topological polar surface area (TPSA) is 120 Å². The Morgan fingerprint density at radius 3 is 2.41 bits per heavy atom. The van der Waals surface area contributed by atoms with E-state index in [1.807, 2.05) is 49.4 Å². The molecule has 9 nitrogen and oxygen atoms in total. The second-order valence-electron chi connectivity index (χ2n) is 8.17. The number of hydrogen-bond donors (Lipinski definition) is 1. The smallest absolute Gasteiger partial charge is 0.343 e. The van der Waals surface area contributed by atoms with Crippen LogP contribution in [-0.2, 0) is 4.79 Å². The van der Waals surface area contributed by atoms with Crippen LogP contribution >= 0.6 is 0 Å². The minimum atomic E-state index is -1.07. The van der Waals surface area contributed by atoms with Gasteiger partial charge in [-0.25, -0.2) is 10.2 Å². The minimum absolute atomic E-state index is 0.0292. The molecule has 1 N–H and O–H groups in total. The fourth-order valence-corrected chi connectivity index (χ4v) is 3.55. The first-order chi connectivity index (χ1) is 17.8. The molecule has 0 bridgehead atoms. The normalized spacial score (nSPS) is 11.7. The fourth-order valence-electron chi connectivity index (χ4n) is 3.55. The summed E-state index contributed by atoms with van der Waals surface area (Å²) >= 11 is 0. The molecule has 0 unspecified atom stereocenters. The maximum atomic E-state index is 12.7. The van der Waals surface area contributed by atoms with Gasteiger partial charge in [0.2, 0.25) is 0 Å². The second-order valence-corrected chi connectivity index (χ2v) is 8.17. The highest BCUT2D eigenvalue weighted by molar-refractivity contribution is 6.04. The molecule has 0 saturated heterocycles. The van der Waals surface area contributed by atoms with Crippen LogP contribution in [0.1, 0.15) is 28.4 Å². The van der Waals surface area contributed by atoms with Gasteiger partial charge in [0.25, 0.3) is 5.91 Å². The van der Waals surface area contributed by atoms with Crippen molar-refractivity contribution in [2.75, 3.05) is 0 Å². The number of hydrogen-bond acceptors (Lipinski definition) is 7. The number of nitrogens with one attached hydrogen (secondary N) is 1. The van der Waals surface area contributed by atoms with Crippen LogP contribution in [0.15, 0.2) is 90.0 Å². The highest BCUT2D eigenvalue weighted by Gasteiger charge is 2.20. The highest BCUT2D eigenvalue weighted by atomic mass is 16.6. The van der Waals surface area contributed by atoms with Gasteiger partial charge in [-0.3, -0.25) is 14.9 Å². The van der Waals surface area contributed by atoms with Gasteiger partial charge in [-0.15, -0.1) is 0 Å². The molecule has 0 aromatic heterocycles. The van der Waals surface area contributed by atoms with Crippen LogP contribution in [0, 0.1) is 17.0 Å². The van der Waals surface area contributed by atoms with Crippen molar-refractivity contribution in [1.29, 1.82) is 0 Å². The number of fused-ring (bicyclic) bond motifs is 1. The number of carbonyl (C=O) groups is 2. The summed E-state index contributed by atoms with van der Waals surface area (Å²) in [7, 11) is 0. The maximum Gasteiger partial charge on any atom is 0.343 e. The number of aryl methyl sites for hydroxylation is 1. The second kappa shape index (κ2) is 11.1. The van der Waals surface area contributed by atoms with Crippen LogP contribution in [-0.4, -0.2) is 29.1 Å². The van der Waals surface area contributed by atoms with Crippen molar-refractivity contribution in [2.24, 2.45) is 5.10 Å². The lowest BCUT2D eigenvalue weighted by Crippen LogP contribution is -2.33. The van der Waals surface area contributed by atoms with E-state index in [1.165, 1.54) is 31.3 Å². The third-order valence-electron chi connectivity index (χ3n) is 5.52. The third-order valence-corrected chi connectivity index (χ3v) is 5.52. The number of esters is 1. The Labute approximate surface area is 212 Å². The van der Waals surface area contributed by atoms with E-state index in [2.05, 4.69) is 10.5 Å². The number of hydrazone groups is 1. The average molecular weight is 498 g/mol. The standard InChI is InChI=1S/C28H23N3O6/c1-18-11-13-21(14-12-18)28(33)37-25-16-15-20-7-3-4-8-22(20)23(25)17-29-30-27(32)19(2)36-26-10-6-5-9-24(26)31(34)35/h3-17,19H,1-2H3,(H,30,32)/b29-17-/t19-/m0/s1. The van der Waals surface area contributed by atoms with Gasteiger partial charge in [-0.2, -0.15) is 5.10 Å². The molecular weight excluding hydrogens is 474 g/mol. The molecule has 0 aliphatic rings. The molecule has 0 saturated carbocycles. The summed E-state index contributed by atoms with van der Waals surface area (Å²) in [6.45, 7) is 3.38. The summed E-state index contributed by atoms with van der Waals surface area (Å²) in [6.07, 6.45) is 0.319. The fraction of sp³-hybridized carbons (Fsp3) is 0.107. The van der Waals surface area contributed by atoms with E-state index in [0.29, 0.717) is 11.1 Å². The Kier molecular flexibility index (Phi) is 7.53. The molecule has 1 atom stereocenters. The van der Waals surface area contributed by atoms with Gasteiger partial charge >= 0.3 is 11.7 Å². The molecule has 0 heterocycles. The van der Waals surface area contributed by atoms with Crippen molar-refractivity contribution in [3.63, 3.8) is 0 Å². The number of amides is 1. The van der Waals surface area contributed by atoms with Crippen LogP contribution in [0.2, 0.25) is 0 Å². The van der Waals surface area contributed by atoms with E-state index in [-0.39, 0.29) is 17.2 Å². The van der Waals surface area contributed by atoms with Crippen molar-refractivity contribution >= 4 is 34.6 Å². The van der Waals surface area contributed by atoms with Gasteiger partial charge in [0.1, 0.15) is 5.75 Å². The predicted molar refractivity (Wildman–Crippen MR) is 139 cm³/mol. The van der Waals surface area contributed by atoms with E-state index < -0.39 is 22.9 Å². The van der Waals surface area contributed by atoms with Gasteiger partial charge in [0.05, 0.1) is 16.7 Å². The van der Waals surface area contributed by atoms with Crippen molar-refractivity contribution in [3.05, 3.63) is 112 Å². The first-order valence-electron chi connectivity index (χ1n) is 11.4. The first kappa shape index (κ1) is 25.1. The molecule has 4 aromatic carbocycles.